The fourth-order valence-electron chi connectivity index (χ4n) is 1.64. The van der Waals surface area contributed by atoms with E-state index in [1.54, 1.807) is 7.05 Å². The second-order valence-electron chi connectivity index (χ2n) is 3.65. The number of H-pyrrole nitrogens is 1. The van der Waals surface area contributed by atoms with Crippen LogP contribution >= 0.6 is 0 Å². The summed E-state index contributed by atoms with van der Waals surface area (Å²) < 4.78 is 26.5. The van der Waals surface area contributed by atoms with Crippen molar-refractivity contribution in [2.24, 2.45) is 0 Å². The molecule has 17 heavy (non-hydrogen) atoms. The molecule has 90 valence electrons. The fourth-order valence-corrected chi connectivity index (χ4v) is 1.64. The first-order valence-electron chi connectivity index (χ1n) is 5.17. The van der Waals surface area contributed by atoms with E-state index in [9.17, 15) is 8.78 Å². The molecule has 0 saturated heterocycles. The fraction of sp³-hybridized carbons (Fsp3) is 0.273. The van der Waals surface area contributed by atoms with E-state index in [1.165, 1.54) is 12.4 Å². The van der Waals surface area contributed by atoms with E-state index in [1.807, 2.05) is 0 Å². The highest BCUT2D eigenvalue weighted by atomic mass is 19.1. The molecule has 0 radical (unpaired) electrons. The first-order valence-corrected chi connectivity index (χ1v) is 5.17. The monoisotopic (exact) mass is 238 g/mol. The van der Waals surface area contributed by atoms with Gasteiger partial charge in [0.2, 0.25) is 0 Å². The number of benzene rings is 1. The van der Waals surface area contributed by atoms with E-state index in [-0.39, 0.29) is 6.04 Å². The van der Waals surface area contributed by atoms with Crippen LogP contribution in [0.2, 0.25) is 0 Å². The molecular weight excluding hydrogens is 226 g/mol. The average Bonchev–Trinajstić information content (AvgIpc) is 2.84. The molecule has 0 bridgehead atoms. The number of nitrogens with one attached hydrogen (secondary N) is 2. The van der Waals surface area contributed by atoms with E-state index < -0.39 is 11.6 Å². The molecule has 2 aromatic rings. The van der Waals surface area contributed by atoms with Gasteiger partial charge in [0.05, 0.1) is 6.04 Å². The molecular formula is C11H12F2N4. The molecule has 1 atom stereocenters. The summed E-state index contributed by atoms with van der Waals surface area (Å²) >= 11 is 0. The van der Waals surface area contributed by atoms with Gasteiger partial charge < -0.3 is 5.32 Å². The molecule has 1 aromatic heterocycles. The molecule has 4 nitrogen and oxygen atoms in total. The maximum atomic E-state index is 13.5. The summed E-state index contributed by atoms with van der Waals surface area (Å²) in [5, 5.41) is 9.41. The van der Waals surface area contributed by atoms with Crippen LogP contribution in [0.4, 0.5) is 8.78 Å². The highest BCUT2D eigenvalue weighted by Gasteiger charge is 2.15. The van der Waals surface area contributed by atoms with Gasteiger partial charge in [-0.2, -0.15) is 5.10 Å². The number of likely N-dealkylation sites (N-methyl/N-ethyl adjacent to an activating group) is 1. The molecule has 0 saturated carbocycles. The van der Waals surface area contributed by atoms with Crippen molar-refractivity contribution in [3.8, 4) is 0 Å². The lowest BCUT2D eigenvalue weighted by atomic mass is 10.0. The topological polar surface area (TPSA) is 53.6 Å². The smallest absolute Gasteiger partial charge is 0.141 e. The molecule has 1 heterocycles. The van der Waals surface area contributed by atoms with E-state index in [0.717, 1.165) is 12.1 Å². The lowest BCUT2D eigenvalue weighted by Gasteiger charge is -2.13. The molecule has 0 aliphatic heterocycles. The minimum absolute atomic E-state index is 0.228. The number of aromatic amines is 1. The quantitative estimate of drug-likeness (QED) is 0.850. The van der Waals surface area contributed by atoms with Crippen LogP contribution in [0.5, 0.6) is 0 Å². The number of aromatic nitrogens is 3. The summed E-state index contributed by atoms with van der Waals surface area (Å²) in [5.74, 6) is -0.281. The Morgan fingerprint density at radius 1 is 1.41 bits per heavy atom. The first kappa shape index (κ1) is 11.7. The summed E-state index contributed by atoms with van der Waals surface area (Å²) in [6.45, 7) is 0. The highest BCUT2D eigenvalue weighted by molar-refractivity contribution is 5.20. The van der Waals surface area contributed by atoms with Gasteiger partial charge in [0, 0.05) is 0 Å². The third-order valence-corrected chi connectivity index (χ3v) is 2.54. The highest BCUT2D eigenvalue weighted by Crippen LogP contribution is 2.17. The van der Waals surface area contributed by atoms with Gasteiger partial charge in [0.15, 0.2) is 0 Å². The maximum Gasteiger partial charge on any atom is 0.141 e. The van der Waals surface area contributed by atoms with Gasteiger partial charge in [-0.3, -0.25) is 5.10 Å². The SMILES string of the molecule is CNC(Cc1cc(F)ccc1F)c1ncn[nH]1. The van der Waals surface area contributed by atoms with Crippen LogP contribution in [0.15, 0.2) is 24.5 Å². The second kappa shape index (κ2) is 5.01. The lowest BCUT2D eigenvalue weighted by molar-refractivity contribution is 0.527. The Balaban J connectivity index is 2.21. The predicted molar refractivity (Wildman–Crippen MR) is 58.2 cm³/mol. The molecule has 1 unspecified atom stereocenters. The summed E-state index contributed by atoms with van der Waals surface area (Å²) in [5.41, 5.74) is 0.306. The average molecular weight is 238 g/mol. The van der Waals surface area contributed by atoms with Crippen molar-refractivity contribution in [3.63, 3.8) is 0 Å². The molecule has 0 amide bonds. The van der Waals surface area contributed by atoms with Crippen LogP contribution in [0.3, 0.4) is 0 Å². The van der Waals surface area contributed by atoms with Crippen molar-refractivity contribution >= 4 is 0 Å². The number of hydrogen-bond acceptors (Lipinski definition) is 3. The Morgan fingerprint density at radius 2 is 2.24 bits per heavy atom. The summed E-state index contributed by atoms with van der Waals surface area (Å²) in [4.78, 5) is 3.99. The molecule has 0 fully saturated rings. The second-order valence-corrected chi connectivity index (χ2v) is 3.65. The summed E-state index contributed by atoms with van der Waals surface area (Å²) in [6, 6.07) is 3.18. The molecule has 2 rings (SSSR count). The maximum absolute atomic E-state index is 13.5. The zero-order chi connectivity index (χ0) is 12.3. The van der Waals surface area contributed by atoms with Crippen molar-refractivity contribution in [1.29, 1.82) is 0 Å². The normalized spacial score (nSPS) is 12.6. The summed E-state index contributed by atoms with van der Waals surface area (Å²) in [7, 11) is 1.73. The van der Waals surface area contributed by atoms with Crippen molar-refractivity contribution < 1.29 is 8.78 Å². The van der Waals surface area contributed by atoms with Gasteiger partial charge in [-0.15, -0.1) is 0 Å². The van der Waals surface area contributed by atoms with Gasteiger partial charge >= 0.3 is 0 Å². The van der Waals surface area contributed by atoms with Crippen LogP contribution in [-0.2, 0) is 6.42 Å². The zero-order valence-corrected chi connectivity index (χ0v) is 9.24. The van der Waals surface area contributed by atoms with Gasteiger partial charge in [-0.25, -0.2) is 13.8 Å². The molecule has 6 heteroatoms. The number of rotatable bonds is 4. The van der Waals surface area contributed by atoms with Crippen LogP contribution < -0.4 is 5.32 Å². The van der Waals surface area contributed by atoms with Crippen LogP contribution in [-0.4, -0.2) is 22.2 Å². The third-order valence-electron chi connectivity index (χ3n) is 2.54. The van der Waals surface area contributed by atoms with Crippen molar-refractivity contribution in [2.75, 3.05) is 7.05 Å². The number of hydrogen-bond donors (Lipinski definition) is 2. The zero-order valence-electron chi connectivity index (χ0n) is 9.24. The van der Waals surface area contributed by atoms with Crippen molar-refractivity contribution in [2.45, 2.75) is 12.5 Å². The number of halogens is 2. The van der Waals surface area contributed by atoms with Gasteiger partial charge in [0.1, 0.15) is 23.8 Å². The molecule has 2 N–H and O–H groups in total. The first-order chi connectivity index (χ1) is 8.20. The molecule has 0 aliphatic carbocycles. The van der Waals surface area contributed by atoms with Gasteiger partial charge in [-0.1, -0.05) is 0 Å². The van der Waals surface area contributed by atoms with Gasteiger partial charge in [0.25, 0.3) is 0 Å². The van der Waals surface area contributed by atoms with E-state index >= 15 is 0 Å². The number of nitrogens with zero attached hydrogens (tertiary/aromatic N) is 2. The van der Waals surface area contributed by atoms with Crippen LogP contribution in [0, 0.1) is 11.6 Å². The Kier molecular flexibility index (Phi) is 3.43. The summed E-state index contributed by atoms with van der Waals surface area (Å²) in [6.07, 6.45) is 1.68. The van der Waals surface area contributed by atoms with Crippen LogP contribution in [0.25, 0.3) is 0 Å². The standard InChI is InChI=1S/C11H12F2N4/c1-14-10(11-15-6-16-17-11)5-7-4-8(12)2-3-9(7)13/h2-4,6,10,14H,5H2,1H3,(H,15,16,17). The molecule has 0 spiro atoms. The largest absolute Gasteiger partial charge is 0.310 e. The Bertz CT molecular complexity index is 484. The van der Waals surface area contributed by atoms with E-state index in [2.05, 4.69) is 20.5 Å². The minimum Gasteiger partial charge on any atom is -0.310 e. The van der Waals surface area contributed by atoms with E-state index in [4.69, 9.17) is 0 Å². The van der Waals surface area contributed by atoms with Crippen LogP contribution in [0.1, 0.15) is 17.4 Å². The lowest BCUT2D eigenvalue weighted by Crippen LogP contribution is -2.20. The predicted octanol–water partition coefficient (Wildman–Crippen LogP) is 1.59. The third kappa shape index (κ3) is 2.65. The Hall–Kier alpha value is -1.82. The Morgan fingerprint density at radius 3 is 2.88 bits per heavy atom. The molecule has 0 aliphatic rings. The van der Waals surface area contributed by atoms with Gasteiger partial charge in [-0.05, 0) is 37.2 Å². The van der Waals surface area contributed by atoms with E-state index in [0.29, 0.717) is 17.8 Å². The van der Waals surface area contributed by atoms with Crippen molar-refractivity contribution in [1.82, 2.24) is 20.5 Å². The molecule has 1 aromatic carbocycles. The van der Waals surface area contributed by atoms with Crippen molar-refractivity contribution in [3.05, 3.63) is 47.5 Å². The minimum atomic E-state index is -0.450. The Labute approximate surface area is 97.1 Å².